The molecular formula is C10H17N3. The molecule has 0 fully saturated rings. The molecule has 1 atom stereocenters. The minimum absolute atomic E-state index is 0.221. The van der Waals surface area contributed by atoms with Crippen LogP contribution in [0.25, 0.3) is 0 Å². The van der Waals surface area contributed by atoms with Gasteiger partial charge in [0.15, 0.2) is 0 Å². The van der Waals surface area contributed by atoms with Gasteiger partial charge in [-0.05, 0) is 18.4 Å². The van der Waals surface area contributed by atoms with Crippen molar-refractivity contribution in [2.75, 3.05) is 5.32 Å². The first-order chi connectivity index (χ1) is 6.00. The van der Waals surface area contributed by atoms with Crippen LogP contribution in [-0.2, 0) is 0 Å². The summed E-state index contributed by atoms with van der Waals surface area (Å²) in [7, 11) is 0. The fourth-order valence-electron chi connectivity index (χ4n) is 0.784. The van der Waals surface area contributed by atoms with Crippen molar-refractivity contribution in [3.05, 3.63) is 18.5 Å². The number of aromatic nitrogens is 2. The number of nitrogens with zero attached hydrogens (tertiary/aromatic N) is 2. The molecule has 0 bridgehead atoms. The van der Waals surface area contributed by atoms with Gasteiger partial charge in [-0.25, -0.2) is 9.97 Å². The van der Waals surface area contributed by atoms with Gasteiger partial charge in [0.1, 0.15) is 0 Å². The van der Waals surface area contributed by atoms with Gasteiger partial charge in [0, 0.05) is 18.4 Å². The van der Waals surface area contributed by atoms with Crippen LogP contribution < -0.4 is 5.32 Å². The Hall–Kier alpha value is -1.12. The van der Waals surface area contributed by atoms with Crippen molar-refractivity contribution in [2.45, 2.75) is 33.7 Å². The largest absolute Gasteiger partial charge is 0.351 e. The normalized spacial score (nSPS) is 13.8. The van der Waals surface area contributed by atoms with E-state index in [1.165, 1.54) is 0 Å². The predicted molar refractivity (Wildman–Crippen MR) is 54.6 cm³/mol. The van der Waals surface area contributed by atoms with Crippen LogP contribution >= 0.6 is 0 Å². The Morgan fingerprint density at radius 1 is 1.23 bits per heavy atom. The SMILES string of the molecule is CC(Nc1ncccn1)C(C)(C)C. The Balaban J connectivity index is 2.61. The molecule has 0 spiro atoms. The van der Waals surface area contributed by atoms with Crippen LogP contribution in [0.15, 0.2) is 18.5 Å². The highest BCUT2D eigenvalue weighted by atomic mass is 15.1. The second-order valence-electron chi connectivity index (χ2n) is 4.30. The molecule has 0 aliphatic rings. The fourth-order valence-corrected chi connectivity index (χ4v) is 0.784. The van der Waals surface area contributed by atoms with Gasteiger partial charge in [0.2, 0.25) is 5.95 Å². The Kier molecular flexibility index (Phi) is 2.86. The second kappa shape index (κ2) is 3.73. The molecule has 1 N–H and O–H groups in total. The summed E-state index contributed by atoms with van der Waals surface area (Å²) in [6.07, 6.45) is 3.48. The third-order valence-corrected chi connectivity index (χ3v) is 2.21. The summed E-state index contributed by atoms with van der Waals surface area (Å²) in [5, 5.41) is 3.26. The first kappa shape index (κ1) is 9.96. The Morgan fingerprint density at radius 2 is 1.77 bits per heavy atom. The molecule has 0 radical (unpaired) electrons. The molecule has 1 aromatic heterocycles. The summed E-state index contributed by atoms with van der Waals surface area (Å²) in [6, 6.07) is 2.17. The number of nitrogens with one attached hydrogen (secondary N) is 1. The summed E-state index contributed by atoms with van der Waals surface area (Å²) >= 11 is 0. The van der Waals surface area contributed by atoms with E-state index in [0.717, 1.165) is 0 Å². The van der Waals surface area contributed by atoms with E-state index < -0.39 is 0 Å². The van der Waals surface area contributed by atoms with Gasteiger partial charge in [-0.3, -0.25) is 0 Å². The summed E-state index contributed by atoms with van der Waals surface area (Å²) in [5.41, 5.74) is 0.221. The smallest absolute Gasteiger partial charge is 0.222 e. The maximum absolute atomic E-state index is 4.11. The van der Waals surface area contributed by atoms with Gasteiger partial charge in [-0.15, -0.1) is 0 Å². The van der Waals surface area contributed by atoms with Gasteiger partial charge in [-0.1, -0.05) is 20.8 Å². The second-order valence-corrected chi connectivity index (χ2v) is 4.30. The molecule has 1 aromatic rings. The molecule has 0 amide bonds. The molecule has 0 saturated heterocycles. The van der Waals surface area contributed by atoms with Crippen LogP contribution in [-0.4, -0.2) is 16.0 Å². The van der Waals surface area contributed by atoms with Crippen LogP contribution in [0.2, 0.25) is 0 Å². The topological polar surface area (TPSA) is 37.8 Å². The van der Waals surface area contributed by atoms with Crippen LogP contribution in [0.5, 0.6) is 0 Å². The van der Waals surface area contributed by atoms with Crippen molar-refractivity contribution in [3.8, 4) is 0 Å². The van der Waals surface area contributed by atoms with Crippen molar-refractivity contribution >= 4 is 5.95 Å². The highest BCUT2D eigenvalue weighted by Crippen LogP contribution is 2.20. The maximum atomic E-state index is 4.11. The van der Waals surface area contributed by atoms with Crippen LogP contribution in [0.4, 0.5) is 5.95 Å². The van der Waals surface area contributed by atoms with E-state index in [1.807, 2.05) is 6.07 Å². The lowest BCUT2D eigenvalue weighted by atomic mass is 9.88. The number of hydrogen-bond acceptors (Lipinski definition) is 3. The van der Waals surface area contributed by atoms with E-state index in [1.54, 1.807) is 12.4 Å². The van der Waals surface area contributed by atoms with E-state index in [0.29, 0.717) is 12.0 Å². The van der Waals surface area contributed by atoms with Gasteiger partial charge in [0.25, 0.3) is 0 Å². The molecular weight excluding hydrogens is 162 g/mol. The lowest BCUT2D eigenvalue weighted by Crippen LogP contribution is -2.31. The zero-order valence-electron chi connectivity index (χ0n) is 8.70. The molecule has 72 valence electrons. The molecule has 0 aliphatic heterocycles. The number of hydrogen-bond donors (Lipinski definition) is 1. The van der Waals surface area contributed by atoms with Crippen molar-refractivity contribution in [3.63, 3.8) is 0 Å². The Bertz CT molecular complexity index is 251. The minimum atomic E-state index is 0.221. The molecule has 0 aliphatic carbocycles. The fraction of sp³-hybridized carbons (Fsp3) is 0.600. The lowest BCUT2D eigenvalue weighted by molar-refractivity contribution is 0.358. The third-order valence-electron chi connectivity index (χ3n) is 2.21. The van der Waals surface area contributed by atoms with Gasteiger partial charge >= 0.3 is 0 Å². The highest BCUT2D eigenvalue weighted by molar-refractivity contribution is 5.24. The van der Waals surface area contributed by atoms with Crippen LogP contribution in [0.3, 0.4) is 0 Å². The lowest BCUT2D eigenvalue weighted by Gasteiger charge is -2.27. The third kappa shape index (κ3) is 3.01. The zero-order chi connectivity index (χ0) is 9.90. The number of anilines is 1. The van der Waals surface area contributed by atoms with E-state index >= 15 is 0 Å². The Morgan fingerprint density at radius 3 is 2.23 bits per heavy atom. The summed E-state index contributed by atoms with van der Waals surface area (Å²) < 4.78 is 0. The zero-order valence-corrected chi connectivity index (χ0v) is 8.70. The maximum Gasteiger partial charge on any atom is 0.222 e. The van der Waals surface area contributed by atoms with Gasteiger partial charge in [0.05, 0.1) is 0 Å². The molecule has 13 heavy (non-hydrogen) atoms. The molecule has 3 heteroatoms. The molecule has 0 saturated carbocycles. The van der Waals surface area contributed by atoms with Gasteiger partial charge < -0.3 is 5.32 Å². The molecule has 3 nitrogen and oxygen atoms in total. The van der Waals surface area contributed by atoms with Crippen molar-refractivity contribution in [1.29, 1.82) is 0 Å². The van der Waals surface area contributed by atoms with Gasteiger partial charge in [-0.2, -0.15) is 0 Å². The standard InChI is InChI=1S/C10H17N3/c1-8(10(2,3)4)13-9-11-6-5-7-12-9/h5-8H,1-4H3,(H,11,12,13). The van der Waals surface area contributed by atoms with E-state index in [9.17, 15) is 0 Å². The van der Waals surface area contributed by atoms with Crippen LogP contribution in [0, 0.1) is 5.41 Å². The summed E-state index contributed by atoms with van der Waals surface area (Å²) in [6.45, 7) is 8.70. The average Bonchev–Trinajstić information content (AvgIpc) is 2.04. The summed E-state index contributed by atoms with van der Waals surface area (Å²) in [4.78, 5) is 8.22. The first-order valence-corrected chi connectivity index (χ1v) is 4.53. The van der Waals surface area contributed by atoms with E-state index in [4.69, 9.17) is 0 Å². The predicted octanol–water partition coefficient (Wildman–Crippen LogP) is 2.32. The molecule has 1 unspecified atom stereocenters. The van der Waals surface area contributed by atoms with E-state index in [-0.39, 0.29) is 5.41 Å². The molecule has 1 heterocycles. The van der Waals surface area contributed by atoms with Crippen molar-refractivity contribution in [1.82, 2.24) is 9.97 Å². The van der Waals surface area contributed by atoms with E-state index in [2.05, 4.69) is 43.0 Å². The van der Waals surface area contributed by atoms with Crippen molar-refractivity contribution in [2.24, 2.45) is 5.41 Å². The molecule has 1 rings (SSSR count). The van der Waals surface area contributed by atoms with Crippen molar-refractivity contribution < 1.29 is 0 Å². The Labute approximate surface area is 79.6 Å². The van der Waals surface area contributed by atoms with Crippen LogP contribution in [0.1, 0.15) is 27.7 Å². The quantitative estimate of drug-likeness (QED) is 0.757. The first-order valence-electron chi connectivity index (χ1n) is 4.53. The average molecular weight is 179 g/mol. The minimum Gasteiger partial charge on any atom is -0.351 e. The number of rotatable bonds is 2. The highest BCUT2D eigenvalue weighted by Gasteiger charge is 2.19. The summed E-state index contributed by atoms with van der Waals surface area (Å²) in [5.74, 6) is 0.699. The monoisotopic (exact) mass is 179 g/mol. The molecule has 0 aromatic carbocycles.